The number of benzene rings is 1. The molecule has 1 unspecified atom stereocenters. The molecule has 0 saturated heterocycles. The Hall–Kier alpha value is -1.68. The lowest BCUT2D eigenvalue weighted by Crippen LogP contribution is -2.42. The Morgan fingerprint density at radius 2 is 1.89 bits per heavy atom. The van der Waals surface area contributed by atoms with E-state index in [9.17, 15) is 18.0 Å². The third kappa shape index (κ3) is 5.22. The molecule has 1 N–H and O–H groups in total. The van der Waals surface area contributed by atoms with Crippen LogP contribution in [-0.2, 0) is 0 Å². The summed E-state index contributed by atoms with van der Waals surface area (Å²) in [5.41, 5.74) is -5.48. The smallest absolute Gasteiger partial charge is 0.334 e. The predicted molar refractivity (Wildman–Crippen MR) is 65.2 cm³/mol. The number of nitrogens with zero attached hydrogens (tertiary/aromatic N) is 1. The first-order valence-electron chi connectivity index (χ1n) is 5.08. The molecule has 1 aromatic rings. The van der Waals surface area contributed by atoms with E-state index in [1.165, 1.54) is 31.2 Å². The maximum Gasteiger partial charge on any atom is 0.446 e. The normalized spacial score (nSPS) is 11.8. The Kier molecular flexibility index (Phi) is 4.48. The first-order chi connectivity index (χ1) is 8.63. The van der Waals surface area contributed by atoms with Crippen LogP contribution >= 0.6 is 11.8 Å². The highest BCUT2D eigenvalue weighted by molar-refractivity contribution is 8.00. The fourth-order valence-corrected chi connectivity index (χ4v) is 1.70. The van der Waals surface area contributed by atoms with Gasteiger partial charge in [0, 0.05) is 10.5 Å². The molecular weight excluding hydrogens is 277 g/mol. The Balaban J connectivity index is 2.77. The van der Waals surface area contributed by atoms with E-state index in [1.807, 2.05) is 0 Å². The SMILES string of the molecule is [CH2]C(C)(C#N)NC(=O)c1ccc(SC(F)(F)F)cc1. The minimum Gasteiger partial charge on any atom is -0.334 e. The molecule has 0 aliphatic rings. The van der Waals surface area contributed by atoms with Crippen LogP contribution < -0.4 is 5.32 Å². The van der Waals surface area contributed by atoms with Gasteiger partial charge in [-0.25, -0.2) is 0 Å². The van der Waals surface area contributed by atoms with Crippen LogP contribution in [0.5, 0.6) is 0 Å². The van der Waals surface area contributed by atoms with Gasteiger partial charge >= 0.3 is 5.51 Å². The molecule has 1 amide bonds. The van der Waals surface area contributed by atoms with Gasteiger partial charge in [-0.15, -0.1) is 0 Å². The summed E-state index contributed by atoms with van der Waals surface area (Å²) < 4.78 is 36.3. The summed E-state index contributed by atoms with van der Waals surface area (Å²) in [5, 5.41) is 11.1. The van der Waals surface area contributed by atoms with E-state index < -0.39 is 17.0 Å². The third-order valence-corrected chi connectivity index (χ3v) is 2.73. The summed E-state index contributed by atoms with van der Waals surface area (Å²) in [7, 11) is 0. The van der Waals surface area contributed by atoms with Crippen molar-refractivity contribution in [2.24, 2.45) is 0 Å². The number of carbonyl (C=O) groups is 1. The van der Waals surface area contributed by atoms with Crippen LogP contribution in [-0.4, -0.2) is 17.0 Å². The highest BCUT2D eigenvalue weighted by atomic mass is 32.2. The number of alkyl halides is 3. The Morgan fingerprint density at radius 1 is 1.37 bits per heavy atom. The van der Waals surface area contributed by atoms with Gasteiger partial charge in [-0.1, -0.05) is 0 Å². The number of nitriles is 1. The van der Waals surface area contributed by atoms with Crippen LogP contribution in [0.15, 0.2) is 29.2 Å². The topological polar surface area (TPSA) is 52.9 Å². The molecule has 19 heavy (non-hydrogen) atoms. The first kappa shape index (κ1) is 15.4. The van der Waals surface area contributed by atoms with Crippen molar-refractivity contribution < 1.29 is 18.0 Å². The van der Waals surface area contributed by atoms with E-state index in [0.717, 1.165) is 0 Å². The number of nitrogens with one attached hydrogen (secondary N) is 1. The van der Waals surface area contributed by atoms with Crippen molar-refractivity contribution in [1.29, 1.82) is 5.26 Å². The Bertz CT molecular complexity index is 503. The van der Waals surface area contributed by atoms with Crippen LogP contribution in [0.3, 0.4) is 0 Å². The van der Waals surface area contributed by atoms with Gasteiger partial charge < -0.3 is 5.32 Å². The van der Waals surface area contributed by atoms with E-state index in [2.05, 4.69) is 12.2 Å². The van der Waals surface area contributed by atoms with Gasteiger partial charge in [-0.3, -0.25) is 4.79 Å². The lowest BCUT2D eigenvalue weighted by atomic mass is 10.1. The molecule has 1 rings (SSSR count). The minimum absolute atomic E-state index is 0.0123. The molecule has 0 aliphatic heterocycles. The van der Waals surface area contributed by atoms with Crippen molar-refractivity contribution in [3.05, 3.63) is 36.8 Å². The number of rotatable bonds is 3. The average Bonchev–Trinajstić information content (AvgIpc) is 2.27. The van der Waals surface area contributed by atoms with Crippen molar-refractivity contribution in [2.75, 3.05) is 0 Å². The van der Waals surface area contributed by atoms with E-state index in [-0.39, 0.29) is 22.2 Å². The second-order valence-corrected chi connectivity index (χ2v) is 5.11. The number of hydrogen-bond donors (Lipinski definition) is 1. The summed E-state index contributed by atoms with van der Waals surface area (Å²) in [6.45, 7) is 4.89. The van der Waals surface area contributed by atoms with Crippen LogP contribution in [0.4, 0.5) is 13.2 Å². The van der Waals surface area contributed by atoms with Crippen LogP contribution in [0.25, 0.3) is 0 Å². The van der Waals surface area contributed by atoms with E-state index in [1.54, 1.807) is 6.07 Å². The molecule has 1 atom stereocenters. The number of carbonyl (C=O) groups excluding carboxylic acids is 1. The molecular formula is C12H10F3N2OS. The molecule has 1 radical (unpaired) electrons. The van der Waals surface area contributed by atoms with E-state index >= 15 is 0 Å². The summed E-state index contributed by atoms with van der Waals surface area (Å²) in [6, 6.07) is 6.70. The quantitative estimate of drug-likeness (QED) is 0.869. The number of amides is 1. The molecule has 1 aromatic carbocycles. The summed E-state index contributed by atoms with van der Waals surface area (Å²) in [5.74, 6) is -0.567. The molecule has 0 fully saturated rings. The van der Waals surface area contributed by atoms with Gasteiger partial charge in [0.05, 0.1) is 6.07 Å². The second kappa shape index (κ2) is 5.53. The largest absolute Gasteiger partial charge is 0.446 e. The van der Waals surface area contributed by atoms with Crippen LogP contribution in [0.2, 0.25) is 0 Å². The van der Waals surface area contributed by atoms with Crippen molar-refractivity contribution >= 4 is 17.7 Å². The molecule has 101 valence electrons. The van der Waals surface area contributed by atoms with Crippen molar-refractivity contribution in [3.63, 3.8) is 0 Å². The van der Waals surface area contributed by atoms with Crippen LogP contribution in [0.1, 0.15) is 17.3 Å². The lowest BCUT2D eigenvalue weighted by molar-refractivity contribution is -0.0328. The Morgan fingerprint density at radius 3 is 2.32 bits per heavy atom. The summed E-state index contributed by atoms with van der Waals surface area (Å²) in [4.78, 5) is 11.7. The van der Waals surface area contributed by atoms with Gasteiger partial charge in [0.1, 0.15) is 5.54 Å². The molecule has 0 spiro atoms. The van der Waals surface area contributed by atoms with Gasteiger partial charge in [0.2, 0.25) is 0 Å². The maximum atomic E-state index is 12.1. The zero-order chi connectivity index (χ0) is 14.7. The second-order valence-electron chi connectivity index (χ2n) is 3.97. The fourth-order valence-electron chi connectivity index (χ4n) is 1.16. The predicted octanol–water partition coefficient (Wildman–Crippen LogP) is 3.14. The lowest BCUT2D eigenvalue weighted by Gasteiger charge is -2.17. The average molecular weight is 287 g/mol. The molecule has 0 saturated carbocycles. The van der Waals surface area contributed by atoms with E-state index in [4.69, 9.17) is 5.26 Å². The summed E-state index contributed by atoms with van der Waals surface area (Å²) in [6.07, 6.45) is 0. The fraction of sp³-hybridized carbons (Fsp3) is 0.250. The van der Waals surface area contributed by atoms with Crippen molar-refractivity contribution in [2.45, 2.75) is 22.9 Å². The van der Waals surface area contributed by atoms with Gasteiger partial charge in [0.15, 0.2) is 0 Å². The molecule has 3 nitrogen and oxygen atoms in total. The maximum absolute atomic E-state index is 12.1. The van der Waals surface area contributed by atoms with Crippen LogP contribution in [0, 0.1) is 18.3 Å². The number of halogens is 3. The van der Waals surface area contributed by atoms with Gasteiger partial charge in [0.25, 0.3) is 5.91 Å². The third-order valence-electron chi connectivity index (χ3n) is 1.99. The number of hydrogen-bond acceptors (Lipinski definition) is 3. The molecule has 0 aliphatic carbocycles. The van der Waals surface area contributed by atoms with E-state index in [0.29, 0.717) is 0 Å². The standard InChI is InChI=1S/C12H10F3N2OS/c1-11(2,7-16)17-10(18)8-3-5-9(6-4-8)19-12(13,14)15/h3-6H,1H2,2H3,(H,17,18). The highest BCUT2D eigenvalue weighted by Gasteiger charge is 2.29. The first-order valence-corrected chi connectivity index (χ1v) is 5.89. The monoisotopic (exact) mass is 287 g/mol. The van der Waals surface area contributed by atoms with Gasteiger partial charge in [-0.05, 0) is 49.9 Å². The molecule has 7 heteroatoms. The number of thioether (sulfide) groups is 1. The molecule has 0 heterocycles. The minimum atomic E-state index is -4.36. The zero-order valence-electron chi connectivity index (χ0n) is 9.91. The molecule has 0 bridgehead atoms. The van der Waals surface area contributed by atoms with Crippen molar-refractivity contribution in [3.8, 4) is 6.07 Å². The van der Waals surface area contributed by atoms with Crippen molar-refractivity contribution in [1.82, 2.24) is 5.32 Å². The summed E-state index contributed by atoms with van der Waals surface area (Å²) >= 11 is -0.258. The highest BCUT2D eigenvalue weighted by Crippen LogP contribution is 2.36. The zero-order valence-corrected chi connectivity index (χ0v) is 10.7. The molecule has 0 aromatic heterocycles. The van der Waals surface area contributed by atoms with Gasteiger partial charge in [-0.2, -0.15) is 18.4 Å². The Labute approximate surface area is 112 Å².